The summed E-state index contributed by atoms with van der Waals surface area (Å²) in [7, 11) is 0. The van der Waals surface area contributed by atoms with E-state index in [4.69, 9.17) is 5.26 Å². The van der Waals surface area contributed by atoms with Gasteiger partial charge in [-0.3, -0.25) is 0 Å². The number of alkyl halides is 3. The van der Waals surface area contributed by atoms with Crippen LogP contribution in [0.25, 0.3) is 0 Å². The van der Waals surface area contributed by atoms with Gasteiger partial charge < -0.3 is 5.32 Å². The van der Waals surface area contributed by atoms with Crippen LogP contribution in [0.2, 0.25) is 0 Å². The third-order valence-corrected chi connectivity index (χ3v) is 3.41. The molecule has 0 saturated carbocycles. The van der Waals surface area contributed by atoms with Crippen molar-refractivity contribution in [3.05, 3.63) is 70.8 Å². The van der Waals surface area contributed by atoms with E-state index in [-0.39, 0.29) is 6.04 Å². The lowest BCUT2D eigenvalue weighted by Crippen LogP contribution is -2.18. The van der Waals surface area contributed by atoms with Gasteiger partial charge in [-0.15, -0.1) is 0 Å². The molecular formula is C17H15F3N2. The monoisotopic (exact) mass is 304 g/mol. The summed E-state index contributed by atoms with van der Waals surface area (Å²) in [6, 6.07) is 14.3. The molecule has 2 aromatic rings. The molecule has 0 saturated heterocycles. The number of hydrogen-bond donors (Lipinski definition) is 1. The Bertz CT molecular complexity index is 670. The van der Waals surface area contributed by atoms with E-state index in [9.17, 15) is 13.2 Å². The van der Waals surface area contributed by atoms with Gasteiger partial charge in [0.25, 0.3) is 0 Å². The molecule has 2 rings (SSSR count). The highest BCUT2D eigenvalue weighted by molar-refractivity contribution is 5.33. The molecule has 114 valence electrons. The zero-order valence-electron chi connectivity index (χ0n) is 12.0. The molecule has 1 atom stereocenters. The molecule has 2 nitrogen and oxygen atoms in total. The maximum absolute atomic E-state index is 12.5. The first-order valence-corrected chi connectivity index (χ1v) is 6.80. The van der Waals surface area contributed by atoms with Crippen LogP contribution in [-0.2, 0) is 12.7 Å². The van der Waals surface area contributed by atoms with E-state index >= 15 is 0 Å². The van der Waals surface area contributed by atoms with Crippen LogP contribution < -0.4 is 5.32 Å². The maximum Gasteiger partial charge on any atom is 0.416 e. The molecule has 22 heavy (non-hydrogen) atoms. The molecular weight excluding hydrogens is 289 g/mol. The molecule has 0 aromatic heterocycles. The standard InChI is InChI=1S/C17H15F3N2/c1-12(15-5-7-16(8-6-15)17(18,19)20)22-11-14-4-2-3-13(9-14)10-21/h2-9,12,22H,11H2,1H3/t12-/m0/s1. The van der Waals surface area contributed by atoms with E-state index in [1.807, 2.05) is 13.0 Å². The van der Waals surface area contributed by atoms with Crippen molar-refractivity contribution < 1.29 is 13.2 Å². The quantitative estimate of drug-likeness (QED) is 0.907. The van der Waals surface area contributed by atoms with Gasteiger partial charge in [0.05, 0.1) is 17.2 Å². The summed E-state index contributed by atoms with van der Waals surface area (Å²) in [5.41, 5.74) is 1.67. The van der Waals surface area contributed by atoms with E-state index in [1.165, 1.54) is 12.1 Å². The third-order valence-electron chi connectivity index (χ3n) is 3.41. The van der Waals surface area contributed by atoms with Gasteiger partial charge in [-0.2, -0.15) is 18.4 Å². The Morgan fingerprint density at radius 3 is 2.41 bits per heavy atom. The molecule has 2 aromatic carbocycles. The molecule has 1 N–H and O–H groups in total. The highest BCUT2D eigenvalue weighted by Gasteiger charge is 2.30. The Hall–Kier alpha value is -2.32. The first-order valence-electron chi connectivity index (χ1n) is 6.80. The second-order valence-electron chi connectivity index (χ2n) is 5.03. The van der Waals surface area contributed by atoms with Crippen molar-refractivity contribution in [2.75, 3.05) is 0 Å². The van der Waals surface area contributed by atoms with Crippen LogP contribution >= 0.6 is 0 Å². The van der Waals surface area contributed by atoms with E-state index < -0.39 is 11.7 Å². The number of nitriles is 1. The third kappa shape index (κ3) is 4.09. The number of nitrogens with one attached hydrogen (secondary N) is 1. The van der Waals surface area contributed by atoms with Gasteiger partial charge in [-0.05, 0) is 42.3 Å². The lowest BCUT2D eigenvalue weighted by atomic mass is 10.1. The highest BCUT2D eigenvalue weighted by atomic mass is 19.4. The van der Waals surface area contributed by atoms with E-state index in [2.05, 4.69) is 11.4 Å². The minimum atomic E-state index is -4.31. The Morgan fingerprint density at radius 2 is 1.82 bits per heavy atom. The summed E-state index contributed by atoms with van der Waals surface area (Å²) >= 11 is 0. The normalized spacial score (nSPS) is 12.7. The smallest absolute Gasteiger partial charge is 0.306 e. The van der Waals surface area contributed by atoms with Crippen molar-refractivity contribution in [3.8, 4) is 6.07 Å². The Labute approximate surface area is 127 Å². The molecule has 0 amide bonds. The van der Waals surface area contributed by atoms with Crippen molar-refractivity contribution in [3.63, 3.8) is 0 Å². The SMILES string of the molecule is C[C@H](NCc1cccc(C#N)c1)c1ccc(C(F)(F)F)cc1. The van der Waals surface area contributed by atoms with Gasteiger partial charge in [-0.1, -0.05) is 24.3 Å². The summed E-state index contributed by atoms with van der Waals surface area (Å²) in [5.74, 6) is 0. The van der Waals surface area contributed by atoms with Crippen molar-refractivity contribution in [1.82, 2.24) is 5.32 Å². The van der Waals surface area contributed by atoms with E-state index in [0.717, 1.165) is 23.3 Å². The van der Waals surface area contributed by atoms with Crippen LogP contribution in [0.3, 0.4) is 0 Å². The zero-order chi connectivity index (χ0) is 16.2. The van der Waals surface area contributed by atoms with Crippen LogP contribution in [0.1, 0.15) is 35.2 Å². The number of rotatable bonds is 4. The van der Waals surface area contributed by atoms with Crippen LogP contribution in [0.5, 0.6) is 0 Å². The largest absolute Gasteiger partial charge is 0.416 e. The van der Waals surface area contributed by atoms with Crippen molar-refractivity contribution in [1.29, 1.82) is 5.26 Å². The Balaban J connectivity index is 2.00. The van der Waals surface area contributed by atoms with Crippen molar-refractivity contribution in [2.24, 2.45) is 0 Å². The minimum absolute atomic E-state index is 0.0898. The predicted molar refractivity (Wildman–Crippen MR) is 77.9 cm³/mol. The first-order chi connectivity index (χ1) is 10.4. The molecule has 0 radical (unpaired) electrons. The van der Waals surface area contributed by atoms with E-state index in [1.54, 1.807) is 18.2 Å². The molecule has 0 aliphatic rings. The van der Waals surface area contributed by atoms with Gasteiger partial charge in [-0.25, -0.2) is 0 Å². The van der Waals surface area contributed by atoms with Crippen molar-refractivity contribution in [2.45, 2.75) is 25.7 Å². The van der Waals surface area contributed by atoms with Gasteiger partial charge in [0, 0.05) is 12.6 Å². The second-order valence-corrected chi connectivity index (χ2v) is 5.03. The molecule has 0 aliphatic carbocycles. The van der Waals surface area contributed by atoms with Gasteiger partial charge in [0.1, 0.15) is 0 Å². The van der Waals surface area contributed by atoms with Gasteiger partial charge >= 0.3 is 6.18 Å². The fourth-order valence-corrected chi connectivity index (χ4v) is 2.10. The average molecular weight is 304 g/mol. The summed E-state index contributed by atoms with van der Waals surface area (Å²) in [5, 5.41) is 12.1. The summed E-state index contributed by atoms with van der Waals surface area (Å²) < 4.78 is 37.6. The number of hydrogen-bond acceptors (Lipinski definition) is 2. The van der Waals surface area contributed by atoms with Crippen LogP contribution in [0.4, 0.5) is 13.2 Å². The van der Waals surface area contributed by atoms with Gasteiger partial charge in [0.15, 0.2) is 0 Å². The van der Waals surface area contributed by atoms with Crippen LogP contribution in [0.15, 0.2) is 48.5 Å². The second kappa shape index (κ2) is 6.63. The predicted octanol–water partition coefficient (Wildman–Crippen LogP) is 4.43. The molecule has 0 unspecified atom stereocenters. The van der Waals surface area contributed by atoms with Crippen molar-refractivity contribution >= 4 is 0 Å². The maximum atomic E-state index is 12.5. The number of nitrogens with zero attached hydrogens (tertiary/aromatic N) is 1. The summed E-state index contributed by atoms with van der Waals surface area (Å²) in [4.78, 5) is 0. The molecule has 0 aliphatic heterocycles. The molecule has 0 spiro atoms. The zero-order valence-corrected chi connectivity index (χ0v) is 12.0. The van der Waals surface area contributed by atoms with E-state index in [0.29, 0.717) is 12.1 Å². The first kappa shape index (κ1) is 16.1. The number of benzene rings is 2. The lowest BCUT2D eigenvalue weighted by Gasteiger charge is -2.15. The highest BCUT2D eigenvalue weighted by Crippen LogP contribution is 2.29. The molecule has 0 heterocycles. The number of halogens is 3. The average Bonchev–Trinajstić information content (AvgIpc) is 2.52. The Kier molecular flexibility index (Phi) is 4.84. The van der Waals surface area contributed by atoms with Crippen LogP contribution in [-0.4, -0.2) is 0 Å². The van der Waals surface area contributed by atoms with Gasteiger partial charge in [0.2, 0.25) is 0 Å². The summed E-state index contributed by atoms with van der Waals surface area (Å²) in [6.45, 7) is 2.43. The molecule has 0 bridgehead atoms. The van der Waals surface area contributed by atoms with Crippen LogP contribution in [0, 0.1) is 11.3 Å². The Morgan fingerprint density at radius 1 is 1.14 bits per heavy atom. The summed E-state index contributed by atoms with van der Waals surface area (Å²) in [6.07, 6.45) is -4.31. The fraction of sp³-hybridized carbons (Fsp3) is 0.235. The minimum Gasteiger partial charge on any atom is -0.306 e. The molecule has 0 fully saturated rings. The topological polar surface area (TPSA) is 35.8 Å². The lowest BCUT2D eigenvalue weighted by molar-refractivity contribution is -0.137. The molecule has 5 heteroatoms. The fourth-order valence-electron chi connectivity index (χ4n) is 2.10.